The normalized spacial score (nSPS) is 18.9. The van der Waals surface area contributed by atoms with Gasteiger partial charge in [-0.05, 0) is 47.9 Å². The fraction of sp³-hybridized carbons (Fsp3) is 0.350. The molecular weight excluding hydrogens is 396 g/mol. The van der Waals surface area contributed by atoms with Crippen molar-refractivity contribution in [1.82, 2.24) is 9.62 Å². The molecule has 0 spiro atoms. The van der Waals surface area contributed by atoms with Crippen LogP contribution in [-0.2, 0) is 19.6 Å². The summed E-state index contributed by atoms with van der Waals surface area (Å²) in [6.07, 6.45) is -0.374. The number of ether oxygens (including phenoxy) is 3. The summed E-state index contributed by atoms with van der Waals surface area (Å²) in [4.78, 5) is 13.2. The Bertz CT molecular complexity index is 1050. The predicted molar refractivity (Wildman–Crippen MR) is 105 cm³/mol. The van der Waals surface area contributed by atoms with Crippen molar-refractivity contribution >= 4 is 15.9 Å². The lowest BCUT2D eigenvalue weighted by molar-refractivity contribution is -0.146. The zero-order chi connectivity index (χ0) is 20.6. The SMILES string of the molecule is Cc1cc(S(=O)(=O)NCC2CN(C)C(=O)CO2)ccc1-c1ccc2c(c1)OCO2. The van der Waals surface area contributed by atoms with Crippen LogP contribution in [0.5, 0.6) is 11.5 Å². The molecule has 154 valence electrons. The van der Waals surface area contributed by atoms with Gasteiger partial charge >= 0.3 is 0 Å². The van der Waals surface area contributed by atoms with Crippen molar-refractivity contribution in [2.45, 2.75) is 17.9 Å². The summed E-state index contributed by atoms with van der Waals surface area (Å²) in [5.74, 6) is 1.27. The highest BCUT2D eigenvalue weighted by atomic mass is 32.2. The van der Waals surface area contributed by atoms with E-state index in [1.54, 1.807) is 25.2 Å². The first-order chi connectivity index (χ1) is 13.8. The lowest BCUT2D eigenvalue weighted by Crippen LogP contribution is -2.48. The second-order valence-corrected chi connectivity index (χ2v) is 8.87. The number of fused-ring (bicyclic) bond motifs is 1. The van der Waals surface area contributed by atoms with E-state index < -0.39 is 10.0 Å². The molecule has 9 heteroatoms. The van der Waals surface area contributed by atoms with Crippen LogP contribution in [0.3, 0.4) is 0 Å². The van der Waals surface area contributed by atoms with Gasteiger partial charge in [0.15, 0.2) is 11.5 Å². The minimum absolute atomic E-state index is 0.0355. The summed E-state index contributed by atoms with van der Waals surface area (Å²) in [7, 11) is -2.03. The smallest absolute Gasteiger partial charge is 0.248 e. The number of likely N-dealkylation sites (N-methyl/N-ethyl adjacent to an activating group) is 1. The number of nitrogens with one attached hydrogen (secondary N) is 1. The van der Waals surface area contributed by atoms with E-state index in [-0.39, 0.29) is 36.9 Å². The quantitative estimate of drug-likeness (QED) is 0.791. The van der Waals surface area contributed by atoms with Gasteiger partial charge in [-0.25, -0.2) is 13.1 Å². The van der Waals surface area contributed by atoms with Gasteiger partial charge in [-0.1, -0.05) is 12.1 Å². The molecule has 0 radical (unpaired) electrons. The van der Waals surface area contributed by atoms with Gasteiger partial charge in [-0.2, -0.15) is 0 Å². The van der Waals surface area contributed by atoms with Crippen molar-refractivity contribution in [3.63, 3.8) is 0 Å². The molecule has 4 rings (SSSR count). The number of morpholine rings is 1. The molecule has 0 saturated carbocycles. The van der Waals surface area contributed by atoms with Gasteiger partial charge in [-0.3, -0.25) is 4.79 Å². The van der Waals surface area contributed by atoms with Crippen LogP contribution >= 0.6 is 0 Å². The molecule has 1 fully saturated rings. The number of rotatable bonds is 5. The van der Waals surface area contributed by atoms with Crippen LogP contribution in [0.1, 0.15) is 5.56 Å². The van der Waals surface area contributed by atoms with Gasteiger partial charge in [-0.15, -0.1) is 0 Å². The molecule has 2 aromatic rings. The molecule has 1 saturated heterocycles. The Morgan fingerprint density at radius 3 is 2.69 bits per heavy atom. The number of nitrogens with zero attached hydrogens (tertiary/aromatic N) is 1. The van der Waals surface area contributed by atoms with Crippen LogP contribution in [0, 0.1) is 6.92 Å². The van der Waals surface area contributed by atoms with E-state index in [9.17, 15) is 13.2 Å². The average Bonchev–Trinajstić information content (AvgIpc) is 3.16. The zero-order valence-corrected chi connectivity index (χ0v) is 17.0. The average molecular weight is 418 g/mol. The third-order valence-electron chi connectivity index (χ3n) is 5.04. The maximum Gasteiger partial charge on any atom is 0.248 e. The zero-order valence-electron chi connectivity index (χ0n) is 16.2. The largest absolute Gasteiger partial charge is 0.454 e. The topological polar surface area (TPSA) is 94.2 Å². The number of carbonyl (C=O) groups is 1. The molecule has 1 atom stereocenters. The van der Waals surface area contributed by atoms with Gasteiger partial charge in [0.1, 0.15) is 6.61 Å². The number of sulfonamides is 1. The van der Waals surface area contributed by atoms with E-state index in [1.807, 2.05) is 25.1 Å². The van der Waals surface area contributed by atoms with Crippen molar-refractivity contribution in [2.24, 2.45) is 0 Å². The van der Waals surface area contributed by atoms with E-state index in [0.717, 1.165) is 16.7 Å². The molecule has 0 aromatic heterocycles. The maximum absolute atomic E-state index is 12.7. The first-order valence-electron chi connectivity index (χ1n) is 9.19. The van der Waals surface area contributed by atoms with Crippen LogP contribution in [0.2, 0.25) is 0 Å². The Hall–Kier alpha value is -2.62. The summed E-state index contributed by atoms with van der Waals surface area (Å²) in [5, 5.41) is 0. The van der Waals surface area contributed by atoms with Crippen molar-refractivity contribution in [3.05, 3.63) is 42.0 Å². The highest BCUT2D eigenvalue weighted by Crippen LogP contribution is 2.37. The molecule has 1 unspecified atom stereocenters. The second kappa shape index (κ2) is 7.66. The number of amides is 1. The number of hydrogen-bond donors (Lipinski definition) is 1. The van der Waals surface area contributed by atoms with Gasteiger partial charge in [0.25, 0.3) is 0 Å². The van der Waals surface area contributed by atoms with Crippen LogP contribution in [-0.4, -0.2) is 58.9 Å². The number of carbonyl (C=O) groups excluding carboxylic acids is 1. The van der Waals surface area contributed by atoms with E-state index >= 15 is 0 Å². The summed E-state index contributed by atoms with van der Waals surface area (Å²) in [6.45, 7) is 2.48. The molecule has 2 aliphatic heterocycles. The highest BCUT2D eigenvalue weighted by Gasteiger charge is 2.25. The van der Waals surface area contributed by atoms with E-state index in [1.165, 1.54) is 4.90 Å². The van der Waals surface area contributed by atoms with E-state index in [0.29, 0.717) is 18.0 Å². The molecule has 2 aromatic carbocycles. The fourth-order valence-corrected chi connectivity index (χ4v) is 4.51. The maximum atomic E-state index is 12.7. The highest BCUT2D eigenvalue weighted by molar-refractivity contribution is 7.89. The van der Waals surface area contributed by atoms with Gasteiger partial charge in [0.05, 0.1) is 11.0 Å². The van der Waals surface area contributed by atoms with Crippen molar-refractivity contribution in [2.75, 3.05) is 33.5 Å². The number of aryl methyl sites for hydroxylation is 1. The Morgan fingerprint density at radius 1 is 1.14 bits per heavy atom. The van der Waals surface area contributed by atoms with E-state index in [2.05, 4.69) is 4.72 Å². The Morgan fingerprint density at radius 2 is 1.93 bits per heavy atom. The first kappa shape index (κ1) is 19.7. The summed E-state index contributed by atoms with van der Waals surface area (Å²) in [5.41, 5.74) is 2.66. The lowest BCUT2D eigenvalue weighted by Gasteiger charge is -2.29. The van der Waals surface area contributed by atoms with E-state index in [4.69, 9.17) is 14.2 Å². The van der Waals surface area contributed by atoms with Crippen LogP contribution in [0.15, 0.2) is 41.3 Å². The van der Waals surface area contributed by atoms with Gasteiger partial charge in [0, 0.05) is 20.1 Å². The fourth-order valence-electron chi connectivity index (χ4n) is 3.36. The Balaban J connectivity index is 1.48. The molecular formula is C20H22N2O6S. The molecule has 8 nitrogen and oxygen atoms in total. The molecule has 2 aliphatic rings. The van der Waals surface area contributed by atoms with Crippen LogP contribution in [0.4, 0.5) is 0 Å². The first-order valence-corrected chi connectivity index (χ1v) is 10.7. The Labute approximate surface area is 169 Å². The van der Waals surface area contributed by atoms with Crippen molar-refractivity contribution < 1.29 is 27.4 Å². The third kappa shape index (κ3) is 4.07. The predicted octanol–water partition coefficient (Wildman–Crippen LogP) is 1.53. The molecule has 0 bridgehead atoms. The molecule has 1 N–H and O–H groups in total. The Kier molecular flexibility index (Phi) is 5.20. The minimum Gasteiger partial charge on any atom is -0.454 e. The van der Waals surface area contributed by atoms with Crippen molar-refractivity contribution in [1.29, 1.82) is 0 Å². The summed E-state index contributed by atoms with van der Waals surface area (Å²) >= 11 is 0. The minimum atomic E-state index is -3.70. The molecule has 2 heterocycles. The molecule has 29 heavy (non-hydrogen) atoms. The second-order valence-electron chi connectivity index (χ2n) is 7.10. The monoisotopic (exact) mass is 418 g/mol. The van der Waals surface area contributed by atoms with Crippen LogP contribution < -0.4 is 14.2 Å². The summed E-state index contributed by atoms with van der Waals surface area (Å²) < 4.78 is 44.1. The van der Waals surface area contributed by atoms with Crippen LogP contribution in [0.25, 0.3) is 11.1 Å². The lowest BCUT2D eigenvalue weighted by atomic mass is 10.0. The third-order valence-corrected chi connectivity index (χ3v) is 6.46. The standard InChI is InChI=1S/C20H22N2O6S/c1-13-7-16(29(24,25)21-9-15-10-22(2)20(23)11-26-15)4-5-17(13)14-3-6-18-19(8-14)28-12-27-18/h3-8,15,21H,9-12H2,1-2H3. The van der Waals surface area contributed by atoms with Gasteiger partial charge in [0.2, 0.25) is 22.7 Å². The van der Waals surface area contributed by atoms with Gasteiger partial charge < -0.3 is 19.1 Å². The number of hydrogen-bond acceptors (Lipinski definition) is 6. The summed E-state index contributed by atoms with van der Waals surface area (Å²) in [6, 6.07) is 10.6. The van der Waals surface area contributed by atoms with Crippen molar-refractivity contribution in [3.8, 4) is 22.6 Å². The molecule has 1 amide bonds. The number of benzene rings is 2. The molecule has 0 aliphatic carbocycles.